The van der Waals surface area contributed by atoms with Gasteiger partial charge in [-0.15, -0.1) is 0 Å². The van der Waals surface area contributed by atoms with E-state index < -0.39 is 0 Å². The molecule has 0 radical (unpaired) electrons. The predicted octanol–water partition coefficient (Wildman–Crippen LogP) is 4.44. The summed E-state index contributed by atoms with van der Waals surface area (Å²) in [6, 6.07) is 21.1. The van der Waals surface area contributed by atoms with E-state index in [9.17, 15) is 9.59 Å². The van der Waals surface area contributed by atoms with E-state index >= 15 is 0 Å². The maximum absolute atomic E-state index is 12.5. The lowest BCUT2D eigenvalue weighted by Crippen LogP contribution is -2.10. The maximum atomic E-state index is 12.5. The fraction of sp³-hybridized carbons (Fsp3) is 0.136. The summed E-state index contributed by atoms with van der Waals surface area (Å²) in [6.45, 7) is 1.91. The van der Waals surface area contributed by atoms with Crippen LogP contribution in [0.4, 0.5) is 0 Å². The van der Waals surface area contributed by atoms with Crippen molar-refractivity contribution in [3.05, 3.63) is 101 Å². The molecule has 0 N–H and O–H groups in total. The standard InChI is InChI=1S/C22H19NO2/c1-16-10-11-20(23-15-16)22(25)14-21(24)19-9-5-8-18(13-19)12-17-6-3-2-4-7-17/h2-11,13,15H,12,14H2,1H3. The van der Waals surface area contributed by atoms with Gasteiger partial charge in [-0.2, -0.15) is 0 Å². The summed E-state index contributed by atoms with van der Waals surface area (Å²) in [6.07, 6.45) is 2.23. The van der Waals surface area contributed by atoms with Crippen molar-refractivity contribution in [2.45, 2.75) is 19.8 Å². The molecule has 2 aromatic carbocycles. The summed E-state index contributed by atoms with van der Waals surface area (Å²) in [5.74, 6) is -0.430. The lowest BCUT2D eigenvalue weighted by atomic mass is 9.99. The van der Waals surface area contributed by atoms with Crippen molar-refractivity contribution in [1.82, 2.24) is 4.98 Å². The Morgan fingerprint density at radius 1 is 0.840 bits per heavy atom. The number of carbonyl (C=O) groups excluding carboxylic acids is 2. The molecule has 0 aliphatic heterocycles. The normalized spacial score (nSPS) is 10.4. The highest BCUT2D eigenvalue weighted by molar-refractivity contribution is 6.12. The molecule has 0 bridgehead atoms. The number of Topliss-reactive ketones (excluding diaryl/α,β-unsaturated/α-hetero) is 2. The van der Waals surface area contributed by atoms with Gasteiger partial charge >= 0.3 is 0 Å². The van der Waals surface area contributed by atoms with E-state index in [0.29, 0.717) is 11.3 Å². The summed E-state index contributed by atoms with van der Waals surface area (Å²) >= 11 is 0. The van der Waals surface area contributed by atoms with Crippen molar-refractivity contribution in [3.63, 3.8) is 0 Å². The Kier molecular flexibility index (Phi) is 5.14. The molecule has 3 nitrogen and oxygen atoms in total. The molecular formula is C22H19NO2. The molecule has 3 rings (SSSR count). The van der Waals surface area contributed by atoms with Crippen LogP contribution in [0.5, 0.6) is 0 Å². The van der Waals surface area contributed by atoms with Crippen molar-refractivity contribution in [2.75, 3.05) is 0 Å². The highest BCUT2D eigenvalue weighted by atomic mass is 16.1. The fourth-order valence-electron chi connectivity index (χ4n) is 2.66. The van der Waals surface area contributed by atoms with E-state index in [1.807, 2.05) is 49.4 Å². The van der Waals surface area contributed by atoms with E-state index in [1.165, 1.54) is 5.56 Å². The third-order valence-corrected chi connectivity index (χ3v) is 4.02. The van der Waals surface area contributed by atoms with E-state index in [0.717, 1.165) is 17.5 Å². The van der Waals surface area contributed by atoms with Crippen LogP contribution in [-0.2, 0) is 6.42 Å². The topological polar surface area (TPSA) is 47.0 Å². The molecule has 25 heavy (non-hydrogen) atoms. The second kappa shape index (κ2) is 7.67. The lowest BCUT2D eigenvalue weighted by Gasteiger charge is -2.05. The van der Waals surface area contributed by atoms with Gasteiger partial charge in [0.15, 0.2) is 11.6 Å². The van der Waals surface area contributed by atoms with E-state index in [1.54, 1.807) is 18.3 Å². The molecule has 0 fully saturated rings. The van der Waals surface area contributed by atoms with Gasteiger partial charge in [0.1, 0.15) is 5.69 Å². The summed E-state index contributed by atoms with van der Waals surface area (Å²) in [4.78, 5) is 28.8. The van der Waals surface area contributed by atoms with Crippen molar-refractivity contribution in [1.29, 1.82) is 0 Å². The highest BCUT2D eigenvalue weighted by Gasteiger charge is 2.15. The Morgan fingerprint density at radius 2 is 1.60 bits per heavy atom. The minimum Gasteiger partial charge on any atom is -0.294 e. The molecule has 0 amide bonds. The van der Waals surface area contributed by atoms with E-state index in [4.69, 9.17) is 0 Å². The van der Waals surface area contributed by atoms with E-state index in [-0.39, 0.29) is 18.0 Å². The molecule has 124 valence electrons. The zero-order valence-corrected chi connectivity index (χ0v) is 14.1. The summed E-state index contributed by atoms with van der Waals surface area (Å²) in [7, 11) is 0. The van der Waals surface area contributed by atoms with Crippen molar-refractivity contribution >= 4 is 11.6 Å². The summed E-state index contributed by atoms with van der Waals surface area (Å²) in [5.41, 5.74) is 4.12. The van der Waals surface area contributed by atoms with Gasteiger partial charge in [0.2, 0.25) is 0 Å². The van der Waals surface area contributed by atoms with Crippen LogP contribution in [0.15, 0.2) is 72.9 Å². The van der Waals surface area contributed by atoms with Crippen LogP contribution in [0.25, 0.3) is 0 Å². The minimum absolute atomic E-state index is 0.162. The molecule has 0 atom stereocenters. The van der Waals surface area contributed by atoms with Crippen LogP contribution < -0.4 is 0 Å². The van der Waals surface area contributed by atoms with Gasteiger partial charge in [-0.25, -0.2) is 0 Å². The summed E-state index contributed by atoms with van der Waals surface area (Å²) in [5, 5.41) is 0. The van der Waals surface area contributed by atoms with Crippen molar-refractivity contribution in [3.8, 4) is 0 Å². The van der Waals surface area contributed by atoms with Gasteiger partial charge in [0, 0.05) is 11.8 Å². The first-order valence-electron chi connectivity index (χ1n) is 8.24. The molecule has 1 aromatic heterocycles. The molecular weight excluding hydrogens is 310 g/mol. The van der Waals surface area contributed by atoms with Crippen LogP contribution in [0.3, 0.4) is 0 Å². The lowest BCUT2D eigenvalue weighted by molar-refractivity contribution is 0.0891. The van der Waals surface area contributed by atoms with Crippen LogP contribution in [-0.4, -0.2) is 16.6 Å². The van der Waals surface area contributed by atoms with Crippen LogP contribution in [0.1, 0.15) is 44.0 Å². The molecule has 0 aliphatic carbocycles. The first-order valence-corrected chi connectivity index (χ1v) is 8.24. The Morgan fingerprint density at radius 3 is 2.32 bits per heavy atom. The van der Waals surface area contributed by atoms with Gasteiger partial charge < -0.3 is 0 Å². The number of aromatic nitrogens is 1. The van der Waals surface area contributed by atoms with Gasteiger partial charge in [-0.3, -0.25) is 14.6 Å². The second-order valence-electron chi connectivity index (χ2n) is 6.11. The number of aryl methyl sites for hydroxylation is 1. The van der Waals surface area contributed by atoms with Gasteiger partial charge in [-0.05, 0) is 42.2 Å². The second-order valence-corrected chi connectivity index (χ2v) is 6.11. The number of nitrogens with zero attached hydrogens (tertiary/aromatic N) is 1. The number of carbonyl (C=O) groups is 2. The number of ketones is 2. The SMILES string of the molecule is Cc1ccc(C(=O)CC(=O)c2cccc(Cc3ccccc3)c2)nc1. The molecule has 1 heterocycles. The smallest absolute Gasteiger partial charge is 0.188 e. The molecule has 0 saturated heterocycles. The Balaban J connectivity index is 1.71. The van der Waals surface area contributed by atoms with Crippen LogP contribution >= 0.6 is 0 Å². The monoisotopic (exact) mass is 329 g/mol. The van der Waals surface area contributed by atoms with Crippen LogP contribution in [0.2, 0.25) is 0 Å². The quantitative estimate of drug-likeness (QED) is 0.496. The van der Waals surface area contributed by atoms with Gasteiger partial charge in [-0.1, -0.05) is 54.6 Å². The Hall–Kier alpha value is -3.07. The fourth-order valence-corrected chi connectivity index (χ4v) is 2.66. The predicted molar refractivity (Wildman–Crippen MR) is 97.9 cm³/mol. The minimum atomic E-state index is -0.251. The molecule has 3 heteroatoms. The average molecular weight is 329 g/mol. The van der Waals surface area contributed by atoms with Gasteiger partial charge in [0.05, 0.1) is 6.42 Å². The average Bonchev–Trinajstić information content (AvgIpc) is 2.63. The number of rotatable bonds is 6. The highest BCUT2D eigenvalue weighted by Crippen LogP contribution is 2.14. The largest absolute Gasteiger partial charge is 0.294 e. The summed E-state index contributed by atoms with van der Waals surface area (Å²) < 4.78 is 0. The first kappa shape index (κ1) is 16.8. The zero-order chi connectivity index (χ0) is 17.6. The first-order chi connectivity index (χ1) is 12.1. The molecule has 0 unspecified atom stereocenters. The molecule has 3 aromatic rings. The van der Waals surface area contributed by atoms with E-state index in [2.05, 4.69) is 17.1 Å². The Labute approximate surface area is 147 Å². The maximum Gasteiger partial charge on any atom is 0.188 e. The van der Waals surface area contributed by atoms with Crippen LogP contribution in [0, 0.1) is 6.92 Å². The molecule has 0 saturated carbocycles. The van der Waals surface area contributed by atoms with Gasteiger partial charge in [0.25, 0.3) is 0 Å². The Bertz CT molecular complexity index is 883. The number of pyridine rings is 1. The number of benzene rings is 2. The third kappa shape index (κ3) is 4.48. The molecule has 0 aliphatic rings. The van der Waals surface area contributed by atoms with Crippen molar-refractivity contribution < 1.29 is 9.59 Å². The van der Waals surface area contributed by atoms with Crippen molar-refractivity contribution in [2.24, 2.45) is 0 Å². The molecule has 0 spiro atoms. The number of hydrogen-bond donors (Lipinski definition) is 0. The zero-order valence-electron chi connectivity index (χ0n) is 14.1. The third-order valence-electron chi connectivity index (χ3n) is 4.02. The number of hydrogen-bond acceptors (Lipinski definition) is 3.